The lowest BCUT2D eigenvalue weighted by Gasteiger charge is -1.88. The summed E-state index contributed by atoms with van der Waals surface area (Å²) in [6.07, 6.45) is 0. The molecule has 142 valence electrons. The molecule has 0 aliphatic heterocycles. The number of phenols is 6. The first kappa shape index (κ1) is 22.9. The van der Waals surface area contributed by atoms with Gasteiger partial charge in [0.25, 0.3) is 0 Å². The van der Waals surface area contributed by atoms with Crippen molar-refractivity contribution in [1.29, 1.82) is 5.26 Å². The number of hydrogen-bond acceptors (Lipinski definition) is 7. The predicted molar refractivity (Wildman–Crippen MR) is 101 cm³/mol. The predicted octanol–water partition coefficient (Wildman–Crippen LogP) is 3.82. The maximum Gasteiger partial charge on any atom is 0.115 e. The number of phenolic OH excluding ortho intramolecular Hbond substituents is 6. The zero-order chi connectivity index (χ0) is 20.7. The van der Waals surface area contributed by atoms with Crippen LogP contribution in [0.25, 0.3) is 0 Å². The maximum absolute atomic E-state index is 8.65. The van der Waals surface area contributed by atoms with E-state index < -0.39 is 0 Å². The molecule has 3 rings (SSSR count). The van der Waals surface area contributed by atoms with E-state index in [0.717, 1.165) is 0 Å². The van der Waals surface area contributed by atoms with Gasteiger partial charge in [-0.3, -0.25) is 0 Å². The first-order valence-electron chi connectivity index (χ1n) is 7.53. The van der Waals surface area contributed by atoms with Gasteiger partial charge >= 0.3 is 0 Å². The highest BCUT2D eigenvalue weighted by Gasteiger charge is 1.85. The molecule has 3 aromatic carbocycles. The second-order valence-corrected chi connectivity index (χ2v) is 4.77. The van der Waals surface area contributed by atoms with E-state index in [-0.39, 0.29) is 34.5 Å². The van der Waals surface area contributed by atoms with Crippen molar-refractivity contribution >= 4 is 0 Å². The molecule has 0 radical (unpaired) electrons. The summed E-state index contributed by atoms with van der Waals surface area (Å²) in [5, 5.41) is 59.2. The average molecular weight is 371 g/mol. The van der Waals surface area contributed by atoms with Crippen molar-refractivity contribution in [1.82, 2.24) is 0 Å². The summed E-state index contributed by atoms with van der Waals surface area (Å²) in [6, 6.07) is 18.9. The fraction of sp³-hybridized carbons (Fsp3) is 0.0500. The highest BCUT2D eigenvalue weighted by Crippen LogP contribution is 2.14. The smallest absolute Gasteiger partial charge is 0.115 e. The maximum atomic E-state index is 8.65. The second-order valence-electron chi connectivity index (χ2n) is 4.77. The minimum absolute atomic E-state index is 0.169. The molecule has 7 heteroatoms. The fourth-order valence-corrected chi connectivity index (χ4v) is 1.36. The van der Waals surface area contributed by atoms with Crippen LogP contribution in [0.4, 0.5) is 0 Å². The molecule has 3 aromatic rings. The molecular weight excluding hydrogens is 350 g/mol. The molecule has 0 aliphatic rings. The van der Waals surface area contributed by atoms with Crippen molar-refractivity contribution in [3.05, 3.63) is 72.8 Å². The molecule has 7 nitrogen and oxygen atoms in total. The number of aromatic hydroxyl groups is 6. The van der Waals surface area contributed by atoms with Crippen LogP contribution in [0.2, 0.25) is 0 Å². The van der Waals surface area contributed by atoms with Gasteiger partial charge in [0.1, 0.15) is 34.5 Å². The van der Waals surface area contributed by atoms with Gasteiger partial charge in [-0.1, -0.05) is 0 Å². The highest BCUT2D eigenvalue weighted by atomic mass is 16.3. The molecule has 0 spiro atoms. The molecule has 0 heterocycles. The van der Waals surface area contributed by atoms with Gasteiger partial charge in [0.2, 0.25) is 0 Å². The zero-order valence-electron chi connectivity index (χ0n) is 14.6. The topological polar surface area (TPSA) is 145 Å². The van der Waals surface area contributed by atoms with E-state index in [1.807, 2.05) is 0 Å². The van der Waals surface area contributed by atoms with Gasteiger partial charge < -0.3 is 30.6 Å². The van der Waals surface area contributed by atoms with Crippen molar-refractivity contribution < 1.29 is 30.6 Å². The van der Waals surface area contributed by atoms with Crippen LogP contribution < -0.4 is 0 Å². The van der Waals surface area contributed by atoms with E-state index in [4.69, 9.17) is 35.9 Å². The Morgan fingerprint density at radius 3 is 0.593 bits per heavy atom. The summed E-state index contributed by atoms with van der Waals surface area (Å²) in [6.45, 7) is 1.43. The highest BCUT2D eigenvalue weighted by molar-refractivity contribution is 5.29. The van der Waals surface area contributed by atoms with Gasteiger partial charge in [0.15, 0.2) is 0 Å². The lowest BCUT2D eigenvalue weighted by molar-refractivity contribution is 0.460. The number of hydrogen-bond donors (Lipinski definition) is 6. The first-order chi connectivity index (χ1) is 12.8. The summed E-state index contributed by atoms with van der Waals surface area (Å²) >= 11 is 0. The van der Waals surface area contributed by atoms with Crippen LogP contribution in [-0.4, -0.2) is 30.6 Å². The van der Waals surface area contributed by atoms with Crippen molar-refractivity contribution in [2.24, 2.45) is 0 Å². The second kappa shape index (κ2) is 13.3. The van der Waals surface area contributed by atoms with Gasteiger partial charge in [-0.15, -0.1) is 0 Å². The van der Waals surface area contributed by atoms with Crippen molar-refractivity contribution in [3.63, 3.8) is 0 Å². The Bertz CT molecular complexity index is 627. The molecule has 0 amide bonds. The van der Waals surface area contributed by atoms with E-state index in [0.29, 0.717) is 0 Å². The summed E-state index contributed by atoms with van der Waals surface area (Å²) in [5.74, 6) is 1.02. The van der Waals surface area contributed by atoms with E-state index >= 15 is 0 Å². The van der Waals surface area contributed by atoms with Crippen LogP contribution in [0.5, 0.6) is 34.5 Å². The minimum atomic E-state index is 0.169. The van der Waals surface area contributed by atoms with Crippen molar-refractivity contribution in [2.75, 3.05) is 0 Å². The van der Waals surface area contributed by atoms with Gasteiger partial charge in [-0.05, 0) is 72.8 Å². The number of rotatable bonds is 0. The van der Waals surface area contributed by atoms with Gasteiger partial charge in [-0.2, -0.15) is 5.26 Å². The molecular formula is C20H21NO6. The van der Waals surface area contributed by atoms with Crippen LogP contribution >= 0.6 is 0 Å². The lowest BCUT2D eigenvalue weighted by Crippen LogP contribution is -1.61. The molecule has 0 bridgehead atoms. The van der Waals surface area contributed by atoms with E-state index in [9.17, 15) is 0 Å². The van der Waals surface area contributed by atoms with E-state index in [2.05, 4.69) is 0 Å². The number of nitriles is 1. The molecule has 0 saturated carbocycles. The summed E-state index contributed by atoms with van der Waals surface area (Å²) in [7, 11) is 0. The molecule has 27 heavy (non-hydrogen) atoms. The third-order valence-corrected chi connectivity index (χ3v) is 2.55. The van der Waals surface area contributed by atoms with Crippen LogP contribution in [-0.2, 0) is 0 Å². The molecule has 0 aromatic heterocycles. The van der Waals surface area contributed by atoms with Crippen LogP contribution in [0, 0.1) is 11.3 Å². The Balaban J connectivity index is 0.000000350. The summed E-state index contributed by atoms with van der Waals surface area (Å²) in [5.41, 5.74) is 0. The number of nitrogens with zero attached hydrogens (tertiary/aromatic N) is 1. The Morgan fingerprint density at radius 1 is 0.444 bits per heavy atom. The SMILES string of the molecule is CC#N.Oc1ccc(O)cc1.Oc1ccc(O)cc1.Oc1ccc(O)cc1. The van der Waals surface area contributed by atoms with Gasteiger partial charge in [0.05, 0.1) is 6.07 Å². The normalized spacial score (nSPS) is 8.30. The Kier molecular flexibility index (Phi) is 11.3. The molecule has 0 unspecified atom stereocenters. The van der Waals surface area contributed by atoms with Crippen molar-refractivity contribution in [2.45, 2.75) is 6.92 Å². The van der Waals surface area contributed by atoms with Crippen LogP contribution in [0.1, 0.15) is 6.92 Å². The largest absolute Gasteiger partial charge is 0.508 e. The monoisotopic (exact) mass is 371 g/mol. The lowest BCUT2D eigenvalue weighted by atomic mass is 10.3. The fourth-order valence-electron chi connectivity index (χ4n) is 1.36. The molecule has 0 atom stereocenters. The third kappa shape index (κ3) is 13.0. The van der Waals surface area contributed by atoms with Crippen LogP contribution in [0.3, 0.4) is 0 Å². The van der Waals surface area contributed by atoms with Crippen molar-refractivity contribution in [3.8, 4) is 40.6 Å². The minimum Gasteiger partial charge on any atom is -0.508 e. The molecule has 0 saturated heterocycles. The Labute approximate surface area is 156 Å². The quantitative estimate of drug-likeness (QED) is 0.329. The molecule has 6 N–H and O–H groups in total. The summed E-state index contributed by atoms with van der Waals surface area (Å²) in [4.78, 5) is 0. The zero-order valence-corrected chi connectivity index (χ0v) is 14.6. The number of benzene rings is 3. The Morgan fingerprint density at radius 2 is 0.519 bits per heavy atom. The summed E-state index contributed by atoms with van der Waals surface area (Å²) < 4.78 is 0. The third-order valence-electron chi connectivity index (χ3n) is 2.55. The van der Waals surface area contributed by atoms with Gasteiger partial charge in [0, 0.05) is 6.92 Å². The molecule has 0 fully saturated rings. The van der Waals surface area contributed by atoms with Gasteiger partial charge in [-0.25, -0.2) is 0 Å². The Hall–Kier alpha value is -4.05. The first-order valence-corrected chi connectivity index (χ1v) is 7.53. The average Bonchev–Trinajstić information content (AvgIpc) is 2.64. The standard InChI is InChI=1S/3C6H6O2.C2H3N/c3*7-5-1-2-6(8)4-3-5;1-2-3/h3*1-4,7-8H;1H3. The molecule has 0 aliphatic carbocycles. The van der Waals surface area contributed by atoms with Crippen LogP contribution in [0.15, 0.2) is 72.8 Å². The van der Waals surface area contributed by atoms with E-state index in [1.165, 1.54) is 79.7 Å². The van der Waals surface area contributed by atoms with E-state index in [1.54, 1.807) is 6.07 Å².